The standard InChI is InChI=1S/C18H10F7N5O/c1-30(13-3-2-10(19)4-9(13)6-26)15(31)8-28-16-11(7-27)12(17(20,21)22)5-14(29-16)18(23,24)25/h2-5H,8H2,1H3,(H,28,29). The second-order valence-corrected chi connectivity index (χ2v) is 5.97. The van der Waals surface area contributed by atoms with Crippen molar-refractivity contribution in [2.24, 2.45) is 0 Å². The van der Waals surface area contributed by atoms with Crippen molar-refractivity contribution in [2.45, 2.75) is 12.4 Å². The molecule has 0 fully saturated rings. The zero-order valence-corrected chi connectivity index (χ0v) is 15.4. The number of carbonyl (C=O) groups excluding carboxylic acids is 1. The van der Waals surface area contributed by atoms with E-state index in [1.165, 1.54) is 0 Å². The number of alkyl halides is 6. The Balaban J connectivity index is 2.39. The fourth-order valence-corrected chi connectivity index (χ4v) is 2.46. The lowest BCUT2D eigenvalue weighted by Crippen LogP contribution is -2.33. The predicted molar refractivity (Wildman–Crippen MR) is 92.0 cm³/mol. The van der Waals surface area contributed by atoms with Crippen LogP contribution >= 0.6 is 0 Å². The maximum Gasteiger partial charge on any atom is 0.433 e. The molecule has 0 saturated heterocycles. The second kappa shape index (κ2) is 8.47. The minimum atomic E-state index is -5.29. The summed E-state index contributed by atoms with van der Waals surface area (Å²) in [4.78, 5) is 16.2. The molecular formula is C18H10F7N5O. The van der Waals surface area contributed by atoms with Crippen molar-refractivity contribution in [3.8, 4) is 12.1 Å². The first-order chi connectivity index (χ1) is 14.3. The molecule has 1 aromatic carbocycles. The first kappa shape index (κ1) is 23.4. The zero-order chi connectivity index (χ0) is 23.6. The largest absolute Gasteiger partial charge is 0.433 e. The Bertz CT molecular complexity index is 1100. The molecule has 31 heavy (non-hydrogen) atoms. The van der Waals surface area contributed by atoms with Crippen LogP contribution in [0.15, 0.2) is 24.3 Å². The molecule has 0 aliphatic rings. The number of carbonyl (C=O) groups is 1. The highest BCUT2D eigenvalue weighted by atomic mass is 19.4. The van der Waals surface area contributed by atoms with E-state index in [9.17, 15) is 35.5 Å². The normalized spacial score (nSPS) is 11.4. The van der Waals surface area contributed by atoms with Gasteiger partial charge in [0.2, 0.25) is 5.91 Å². The van der Waals surface area contributed by atoms with Gasteiger partial charge in [0.25, 0.3) is 0 Å². The summed E-state index contributed by atoms with van der Waals surface area (Å²) >= 11 is 0. The van der Waals surface area contributed by atoms with Crippen LogP contribution < -0.4 is 10.2 Å². The minimum absolute atomic E-state index is 0.0517. The van der Waals surface area contributed by atoms with Gasteiger partial charge in [0.15, 0.2) is 0 Å². The SMILES string of the molecule is CN(C(=O)CNc1nc(C(F)(F)F)cc(C(F)(F)F)c1C#N)c1ccc(F)cc1C#N. The molecule has 1 amide bonds. The third-order valence-electron chi connectivity index (χ3n) is 3.95. The molecular weight excluding hydrogens is 435 g/mol. The molecule has 6 nitrogen and oxygen atoms in total. The molecule has 1 aromatic heterocycles. The van der Waals surface area contributed by atoms with E-state index >= 15 is 0 Å². The van der Waals surface area contributed by atoms with Gasteiger partial charge in [0, 0.05) is 7.05 Å². The summed E-state index contributed by atoms with van der Waals surface area (Å²) in [6.07, 6.45) is -10.5. The Morgan fingerprint density at radius 2 is 1.74 bits per heavy atom. The number of hydrogen-bond donors (Lipinski definition) is 1. The van der Waals surface area contributed by atoms with Crippen LogP contribution in [-0.4, -0.2) is 24.5 Å². The van der Waals surface area contributed by atoms with Crippen LogP contribution in [0, 0.1) is 28.5 Å². The van der Waals surface area contributed by atoms with E-state index in [2.05, 4.69) is 4.98 Å². The van der Waals surface area contributed by atoms with Gasteiger partial charge in [-0.3, -0.25) is 4.79 Å². The molecule has 0 unspecified atom stereocenters. The fraction of sp³-hybridized carbons (Fsp3) is 0.222. The molecule has 0 spiro atoms. The van der Waals surface area contributed by atoms with Gasteiger partial charge in [-0.2, -0.15) is 36.9 Å². The van der Waals surface area contributed by atoms with Gasteiger partial charge in [-0.05, 0) is 24.3 Å². The molecule has 0 atom stereocenters. The lowest BCUT2D eigenvalue weighted by Gasteiger charge is -2.20. The number of pyridine rings is 1. The van der Waals surface area contributed by atoms with Crippen molar-refractivity contribution in [2.75, 3.05) is 23.8 Å². The highest BCUT2D eigenvalue weighted by Crippen LogP contribution is 2.38. The van der Waals surface area contributed by atoms with Gasteiger partial charge >= 0.3 is 12.4 Å². The van der Waals surface area contributed by atoms with Crippen LogP contribution in [0.3, 0.4) is 0 Å². The van der Waals surface area contributed by atoms with Crippen molar-refractivity contribution >= 4 is 17.4 Å². The molecule has 2 rings (SSSR count). The van der Waals surface area contributed by atoms with E-state index in [1.54, 1.807) is 6.07 Å². The van der Waals surface area contributed by atoms with Gasteiger partial charge in [0.1, 0.15) is 35.0 Å². The topological polar surface area (TPSA) is 92.8 Å². The summed E-state index contributed by atoms with van der Waals surface area (Å²) in [6, 6.07) is 5.37. The van der Waals surface area contributed by atoms with Gasteiger partial charge in [-0.1, -0.05) is 0 Å². The smallest absolute Gasteiger partial charge is 0.360 e. The first-order valence-electron chi connectivity index (χ1n) is 8.09. The Kier molecular flexibility index (Phi) is 6.40. The number of benzene rings is 1. The first-order valence-corrected chi connectivity index (χ1v) is 8.09. The van der Waals surface area contributed by atoms with Crippen molar-refractivity contribution in [1.29, 1.82) is 10.5 Å². The summed E-state index contributed by atoms with van der Waals surface area (Å²) < 4.78 is 91.5. The number of amides is 1. The third-order valence-corrected chi connectivity index (χ3v) is 3.95. The number of halogens is 7. The van der Waals surface area contributed by atoms with Crippen molar-refractivity contribution in [3.05, 3.63) is 52.5 Å². The Labute approximate surface area is 170 Å². The molecule has 1 heterocycles. The maximum atomic E-state index is 13.2. The molecule has 1 N–H and O–H groups in total. The van der Waals surface area contributed by atoms with Crippen LogP contribution in [0.25, 0.3) is 0 Å². The molecule has 2 aromatic rings. The fourth-order valence-electron chi connectivity index (χ4n) is 2.46. The lowest BCUT2D eigenvalue weighted by molar-refractivity contribution is -0.145. The molecule has 0 aliphatic carbocycles. The summed E-state index contributed by atoms with van der Waals surface area (Å²) in [5, 5.41) is 20.1. The van der Waals surface area contributed by atoms with Gasteiger partial charge in [-0.15, -0.1) is 0 Å². The van der Waals surface area contributed by atoms with Gasteiger partial charge in [-0.25, -0.2) is 9.37 Å². The molecule has 162 valence electrons. The molecule has 13 heteroatoms. The molecule has 0 aliphatic heterocycles. The van der Waals surface area contributed by atoms with E-state index in [0.29, 0.717) is 0 Å². The number of hydrogen-bond acceptors (Lipinski definition) is 5. The van der Waals surface area contributed by atoms with E-state index in [4.69, 9.17) is 10.5 Å². The van der Waals surface area contributed by atoms with E-state index in [0.717, 1.165) is 36.2 Å². The quantitative estimate of drug-likeness (QED) is 0.717. The third kappa shape index (κ3) is 5.19. The number of nitrogens with zero attached hydrogens (tertiary/aromatic N) is 4. The Morgan fingerprint density at radius 3 is 2.26 bits per heavy atom. The zero-order valence-electron chi connectivity index (χ0n) is 15.4. The van der Waals surface area contributed by atoms with Crippen LogP contribution in [-0.2, 0) is 17.1 Å². The van der Waals surface area contributed by atoms with Crippen LogP contribution in [0.1, 0.15) is 22.4 Å². The number of likely N-dealkylation sites (N-methyl/N-ethyl adjacent to an activating group) is 1. The summed E-state index contributed by atoms with van der Waals surface area (Å²) in [7, 11) is 1.16. The average Bonchev–Trinajstić information content (AvgIpc) is 2.69. The van der Waals surface area contributed by atoms with Crippen molar-refractivity contribution < 1.29 is 35.5 Å². The molecule has 0 saturated carbocycles. The lowest BCUT2D eigenvalue weighted by atomic mass is 10.1. The minimum Gasteiger partial charge on any atom is -0.360 e. The number of aromatic nitrogens is 1. The summed E-state index contributed by atoms with van der Waals surface area (Å²) in [6.45, 7) is -0.876. The molecule has 0 radical (unpaired) electrons. The van der Waals surface area contributed by atoms with Gasteiger partial charge in [0.05, 0.1) is 23.4 Å². The van der Waals surface area contributed by atoms with E-state index < -0.39 is 53.3 Å². The second-order valence-electron chi connectivity index (χ2n) is 5.97. The highest BCUT2D eigenvalue weighted by molar-refractivity contribution is 5.96. The summed E-state index contributed by atoms with van der Waals surface area (Å²) in [5.41, 5.74) is -5.29. The predicted octanol–water partition coefficient (Wildman–Crippen LogP) is 4.08. The maximum absolute atomic E-state index is 13.2. The summed E-state index contributed by atoms with van der Waals surface area (Å²) in [5.74, 6) is -2.77. The van der Waals surface area contributed by atoms with Gasteiger partial charge < -0.3 is 10.2 Å². The van der Waals surface area contributed by atoms with Crippen LogP contribution in [0.2, 0.25) is 0 Å². The average molecular weight is 445 g/mol. The van der Waals surface area contributed by atoms with E-state index in [-0.39, 0.29) is 17.3 Å². The Morgan fingerprint density at radius 1 is 1.10 bits per heavy atom. The number of nitriles is 2. The van der Waals surface area contributed by atoms with Crippen LogP contribution in [0.4, 0.5) is 42.2 Å². The highest BCUT2D eigenvalue weighted by Gasteiger charge is 2.41. The van der Waals surface area contributed by atoms with Crippen molar-refractivity contribution in [1.82, 2.24) is 4.98 Å². The van der Waals surface area contributed by atoms with Crippen molar-refractivity contribution in [3.63, 3.8) is 0 Å². The monoisotopic (exact) mass is 445 g/mol. The van der Waals surface area contributed by atoms with E-state index in [1.807, 2.05) is 5.32 Å². The number of nitrogens with one attached hydrogen (secondary N) is 1. The molecule has 0 bridgehead atoms. The van der Waals surface area contributed by atoms with Crippen LogP contribution in [0.5, 0.6) is 0 Å². The number of anilines is 2. The number of rotatable bonds is 4. The Hall–Kier alpha value is -3.87.